The van der Waals surface area contributed by atoms with Crippen molar-refractivity contribution in [2.24, 2.45) is 5.73 Å². The van der Waals surface area contributed by atoms with E-state index in [-0.39, 0.29) is 17.4 Å². The van der Waals surface area contributed by atoms with Gasteiger partial charge in [-0.25, -0.2) is 9.97 Å². The highest BCUT2D eigenvalue weighted by Gasteiger charge is 2.33. The number of morpholine rings is 1. The molecule has 0 radical (unpaired) electrons. The van der Waals surface area contributed by atoms with Gasteiger partial charge in [-0.2, -0.15) is 0 Å². The average Bonchev–Trinajstić information content (AvgIpc) is 3.24. The monoisotopic (exact) mass is 420 g/mol. The molecule has 2 aromatic rings. The third-order valence-corrected chi connectivity index (χ3v) is 7.12. The fraction of sp³-hybridized carbons (Fsp3) is 0.667. The van der Waals surface area contributed by atoms with Crippen LogP contribution in [0.2, 0.25) is 0 Å². The summed E-state index contributed by atoms with van der Waals surface area (Å²) >= 11 is 1.11. The second kappa shape index (κ2) is 8.16. The molecule has 2 aliphatic carbocycles. The number of carbonyl (C=O) groups is 1. The minimum atomic E-state index is -2.28. The fourth-order valence-corrected chi connectivity index (χ4v) is 5.71. The summed E-state index contributed by atoms with van der Waals surface area (Å²) in [7, 11) is 0. The van der Waals surface area contributed by atoms with Gasteiger partial charge in [0.25, 0.3) is 0 Å². The number of nitrogens with zero attached hydrogens (tertiary/aromatic N) is 3. The van der Waals surface area contributed by atoms with E-state index in [9.17, 15) is 4.79 Å². The second-order valence-electron chi connectivity index (χ2n) is 7.89. The van der Waals surface area contributed by atoms with Gasteiger partial charge in [0, 0.05) is 35.9 Å². The number of hydrogen-bond donors (Lipinski definition) is 1. The Kier molecular flexibility index (Phi) is 4.25. The van der Waals surface area contributed by atoms with Crippen molar-refractivity contribution in [3.63, 3.8) is 0 Å². The molecule has 7 nitrogen and oxygen atoms in total. The van der Waals surface area contributed by atoms with Crippen LogP contribution in [0.1, 0.15) is 60.3 Å². The minimum Gasteiger partial charge on any atom is -0.474 e. The fourth-order valence-electron chi connectivity index (χ4n) is 4.65. The summed E-state index contributed by atoms with van der Waals surface area (Å²) in [4.78, 5) is 23.7. The van der Waals surface area contributed by atoms with Crippen molar-refractivity contribution in [1.29, 1.82) is 0 Å². The zero-order valence-electron chi connectivity index (χ0n) is 20.2. The van der Waals surface area contributed by atoms with E-state index in [1.54, 1.807) is 0 Å². The predicted molar refractivity (Wildman–Crippen MR) is 111 cm³/mol. The number of aromatic nitrogens is 2. The first-order valence-electron chi connectivity index (χ1n) is 12.2. The quantitative estimate of drug-likeness (QED) is 0.800. The van der Waals surface area contributed by atoms with E-state index in [1.807, 2.05) is 0 Å². The summed E-state index contributed by atoms with van der Waals surface area (Å²) in [5.74, 6) is -1.35. The van der Waals surface area contributed by atoms with E-state index in [0.29, 0.717) is 27.7 Å². The van der Waals surface area contributed by atoms with Crippen LogP contribution in [0.4, 0.5) is 0 Å². The van der Waals surface area contributed by atoms with Crippen LogP contribution in [0.3, 0.4) is 0 Å². The van der Waals surface area contributed by atoms with Crippen molar-refractivity contribution >= 4 is 27.5 Å². The van der Waals surface area contributed by atoms with Gasteiger partial charge in [-0.15, -0.1) is 11.3 Å². The van der Waals surface area contributed by atoms with E-state index in [1.165, 1.54) is 6.33 Å². The lowest BCUT2D eigenvalue weighted by atomic mass is 9.91. The molecule has 8 heteroatoms. The summed E-state index contributed by atoms with van der Waals surface area (Å²) in [6.45, 7) is 3.50. The first-order valence-corrected chi connectivity index (χ1v) is 11.1. The first-order chi connectivity index (χ1) is 15.7. The molecule has 29 heavy (non-hydrogen) atoms. The number of primary amides is 1. The van der Waals surface area contributed by atoms with Crippen molar-refractivity contribution in [3.05, 3.63) is 16.8 Å². The van der Waals surface area contributed by atoms with Gasteiger partial charge < -0.3 is 15.2 Å². The van der Waals surface area contributed by atoms with Crippen LogP contribution in [0, 0.1) is 0 Å². The maximum absolute atomic E-state index is 11.7. The van der Waals surface area contributed by atoms with Crippen LogP contribution in [0.25, 0.3) is 10.2 Å². The molecular weight excluding hydrogens is 388 g/mol. The zero-order chi connectivity index (χ0) is 23.4. The highest BCUT2D eigenvalue weighted by molar-refractivity contribution is 7.19. The summed E-state index contributed by atoms with van der Waals surface area (Å²) in [5.41, 5.74) is 5.85. The van der Waals surface area contributed by atoms with Crippen molar-refractivity contribution in [2.75, 3.05) is 26.3 Å². The van der Waals surface area contributed by atoms with Crippen LogP contribution in [-0.4, -0.2) is 59.2 Å². The number of thiophene rings is 1. The first kappa shape index (κ1) is 15.1. The summed E-state index contributed by atoms with van der Waals surface area (Å²) in [5, 5.41) is 0.518. The number of amides is 1. The maximum Gasteiger partial charge on any atom is 0.225 e. The zero-order valence-corrected chi connectivity index (χ0v) is 17.0. The van der Waals surface area contributed by atoms with Gasteiger partial charge in [-0.3, -0.25) is 9.69 Å². The molecule has 0 aromatic carbocycles. The predicted octanol–water partition coefficient (Wildman–Crippen LogP) is 2.62. The Morgan fingerprint density at radius 2 is 2.10 bits per heavy atom. The molecule has 0 bridgehead atoms. The smallest absolute Gasteiger partial charge is 0.225 e. The molecule has 3 heterocycles. The molecule has 1 aliphatic heterocycles. The molecule has 0 spiro atoms. The molecule has 156 valence electrons. The maximum atomic E-state index is 11.7. The van der Waals surface area contributed by atoms with E-state index in [0.717, 1.165) is 63.3 Å². The molecule has 1 saturated heterocycles. The van der Waals surface area contributed by atoms with Gasteiger partial charge in [0.1, 0.15) is 17.3 Å². The molecular formula is C21H28N4O3S. The van der Waals surface area contributed by atoms with E-state index in [4.69, 9.17) is 20.7 Å². The third kappa shape index (κ3) is 3.85. The highest BCUT2D eigenvalue weighted by atomic mass is 32.1. The van der Waals surface area contributed by atoms with Gasteiger partial charge in [0.2, 0.25) is 11.8 Å². The molecule has 3 aliphatic rings. The number of hydrogen-bond acceptors (Lipinski definition) is 7. The molecule has 1 saturated carbocycles. The molecule has 1 atom stereocenters. The molecule has 2 aromatic heterocycles. The minimum absolute atomic E-state index is 0.0274. The van der Waals surface area contributed by atoms with Gasteiger partial charge in [0.15, 0.2) is 0 Å². The second-order valence-corrected chi connectivity index (χ2v) is 8.89. The van der Waals surface area contributed by atoms with Crippen LogP contribution in [-0.2, 0) is 15.9 Å². The molecule has 0 unspecified atom stereocenters. The lowest BCUT2D eigenvalue weighted by Gasteiger charge is -2.38. The van der Waals surface area contributed by atoms with E-state index < -0.39 is 24.6 Å². The Morgan fingerprint density at radius 1 is 1.31 bits per heavy atom. The standard InChI is InChI=1S/C21H28N4O3S/c22-17(26)11-13-1-6-16-18(13)19-20(23-12-24-21(19)29-16)28-15-4-2-14(3-5-15)25-7-9-27-10-8-25/h12-15H,1-11H2,(H2,22,26)/t13-,14-,15-/m1/s1/i1D2,6D2. The summed E-state index contributed by atoms with van der Waals surface area (Å²) in [6.07, 6.45) is 0.354. The Bertz CT molecular complexity index is 1050. The van der Waals surface area contributed by atoms with Gasteiger partial charge in [0.05, 0.1) is 18.6 Å². The van der Waals surface area contributed by atoms with Gasteiger partial charge in [-0.05, 0) is 49.9 Å². The number of ether oxygens (including phenoxy) is 2. The lowest BCUT2D eigenvalue weighted by Crippen LogP contribution is -2.46. The third-order valence-electron chi connectivity index (χ3n) is 6.09. The Labute approximate surface area is 180 Å². The topological polar surface area (TPSA) is 90.6 Å². The van der Waals surface area contributed by atoms with E-state index in [2.05, 4.69) is 14.9 Å². The van der Waals surface area contributed by atoms with Gasteiger partial charge >= 0.3 is 0 Å². The number of carbonyl (C=O) groups excluding carboxylic acids is 1. The van der Waals surface area contributed by atoms with Gasteiger partial charge in [-0.1, -0.05) is 0 Å². The summed E-state index contributed by atoms with van der Waals surface area (Å²) < 4.78 is 45.6. The number of fused-ring (bicyclic) bond motifs is 3. The van der Waals surface area contributed by atoms with Crippen molar-refractivity contribution in [3.8, 4) is 5.88 Å². The number of nitrogens with two attached hydrogens (primary N) is 1. The van der Waals surface area contributed by atoms with Crippen LogP contribution < -0.4 is 10.5 Å². The largest absolute Gasteiger partial charge is 0.474 e. The highest BCUT2D eigenvalue weighted by Crippen LogP contribution is 2.47. The molecule has 2 N–H and O–H groups in total. The molecule has 2 fully saturated rings. The SMILES string of the molecule is [2H]C1([2H])c2sc3ncnc(O[C@H]4CC[C@H](N5CCOCC5)CC4)c3c2[C@@H](CC(N)=O)C1([2H])[2H]. The van der Waals surface area contributed by atoms with Crippen molar-refractivity contribution < 1.29 is 19.8 Å². The normalized spacial score (nSPS) is 33.3. The lowest BCUT2D eigenvalue weighted by molar-refractivity contribution is -0.118. The molecule has 1 amide bonds. The van der Waals surface area contributed by atoms with Crippen molar-refractivity contribution in [1.82, 2.24) is 14.9 Å². The number of rotatable bonds is 5. The van der Waals surface area contributed by atoms with Crippen molar-refractivity contribution in [2.45, 2.75) is 62.9 Å². The summed E-state index contributed by atoms with van der Waals surface area (Å²) in [6, 6.07) is 0.531. The Morgan fingerprint density at radius 3 is 2.86 bits per heavy atom. The van der Waals surface area contributed by atoms with E-state index >= 15 is 0 Å². The van der Waals surface area contributed by atoms with Crippen LogP contribution in [0.15, 0.2) is 6.33 Å². The number of aryl methyl sites for hydroxylation is 1. The molecule has 5 rings (SSSR count). The Hall–Kier alpha value is -1.77. The Balaban J connectivity index is 1.42. The van der Waals surface area contributed by atoms with Crippen LogP contribution >= 0.6 is 11.3 Å². The average molecular weight is 421 g/mol. The van der Waals surface area contributed by atoms with Crippen LogP contribution in [0.5, 0.6) is 5.88 Å².